The van der Waals surface area contributed by atoms with E-state index in [-0.39, 0.29) is 6.61 Å². The third kappa shape index (κ3) is 2.34. The maximum absolute atomic E-state index is 9.11. The zero-order chi connectivity index (χ0) is 15.1. The number of hydrogen-bond donors (Lipinski definition) is 1. The summed E-state index contributed by atoms with van der Waals surface area (Å²) in [5.74, 6) is 0. The predicted molar refractivity (Wildman–Crippen MR) is 84.2 cm³/mol. The van der Waals surface area contributed by atoms with E-state index in [4.69, 9.17) is 5.11 Å². The maximum atomic E-state index is 9.11. The fourth-order valence-electron chi connectivity index (χ4n) is 3.97. The third-order valence-corrected chi connectivity index (χ3v) is 5.39. The van der Waals surface area contributed by atoms with E-state index >= 15 is 0 Å². The van der Waals surface area contributed by atoms with E-state index in [1.807, 2.05) is 24.3 Å². The number of rotatable bonds is 3. The van der Waals surface area contributed by atoms with Gasteiger partial charge in [-0.2, -0.15) is 0 Å². The van der Waals surface area contributed by atoms with Crippen LogP contribution in [-0.4, -0.2) is 44.1 Å². The van der Waals surface area contributed by atoms with Crippen molar-refractivity contribution in [3.8, 4) is 11.3 Å². The quantitative estimate of drug-likeness (QED) is 0.944. The van der Waals surface area contributed by atoms with Crippen molar-refractivity contribution in [2.45, 2.75) is 50.4 Å². The number of piperidine rings is 1. The van der Waals surface area contributed by atoms with E-state index in [0.717, 1.165) is 16.8 Å². The fourth-order valence-corrected chi connectivity index (χ4v) is 3.97. The summed E-state index contributed by atoms with van der Waals surface area (Å²) in [6, 6.07) is 9.76. The molecule has 2 saturated heterocycles. The Morgan fingerprint density at radius 1 is 1.09 bits per heavy atom. The first-order chi connectivity index (χ1) is 10.7. The van der Waals surface area contributed by atoms with Gasteiger partial charge in [0, 0.05) is 17.6 Å². The van der Waals surface area contributed by atoms with Crippen LogP contribution in [0.15, 0.2) is 30.5 Å². The molecule has 0 unspecified atom stereocenters. The van der Waals surface area contributed by atoms with Gasteiger partial charge < -0.3 is 10.0 Å². The van der Waals surface area contributed by atoms with Crippen molar-refractivity contribution in [1.29, 1.82) is 0 Å². The molecule has 3 atom stereocenters. The molecule has 2 bridgehead atoms. The van der Waals surface area contributed by atoms with Crippen LogP contribution in [0.5, 0.6) is 0 Å². The minimum Gasteiger partial charge on any atom is -0.392 e. The van der Waals surface area contributed by atoms with Gasteiger partial charge in [-0.1, -0.05) is 29.5 Å². The number of aromatic nitrogens is 3. The highest BCUT2D eigenvalue weighted by Crippen LogP contribution is 2.39. The van der Waals surface area contributed by atoms with E-state index in [2.05, 4.69) is 33.1 Å². The average molecular weight is 298 g/mol. The maximum Gasteiger partial charge on any atom is 0.113 e. The summed E-state index contributed by atoms with van der Waals surface area (Å²) >= 11 is 0. The molecule has 116 valence electrons. The summed E-state index contributed by atoms with van der Waals surface area (Å²) in [6.45, 7) is 0.0747. The minimum atomic E-state index is 0.0747. The molecule has 0 spiro atoms. The van der Waals surface area contributed by atoms with Gasteiger partial charge in [0.2, 0.25) is 0 Å². The van der Waals surface area contributed by atoms with Gasteiger partial charge in [0.25, 0.3) is 0 Å². The topological polar surface area (TPSA) is 54.2 Å². The molecule has 0 amide bonds. The first-order valence-corrected chi connectivity index (χ1v) is 8.08. The molecule has 5 heteroatoms. The van der Waals surface area contributed by atoms with E-state index in [9.17, 15) is 0 Å². The molecule has 1 aromatic heterocycles. The monoisotopic (exact) mass is 298 g/mol. The number of benzene rings is 1. The molecule has 1 N–H and O–H groups in total. The second kappa shape index (κ2) is 5.48. The first kappa shape index (κ1) is 13.9. The van der Waals surface area contributed by atoms with Crippen LogP contribution in [-0.2, 0) is 6.61 Å². The van der Waals surface area contributed by atoms with Crippen molar-refractivity contribution >= 4 is 0 Å². The van der Waals surface area contributed by atoms with Crippen molar-refractivity contribution in [2.75, 3.05) is 7.05 Å². The lowest BCUT2D eigenvalue weighted by Crippen LogP contribution is -2.40. The Bertz CT molecular complexity index is 637. The van der Waals surface area contributed by atoms with E-state index in [1.54, 1.807) is 0 Å². The summed E-state index contributed by atoms with van der Waals surface area (Å²) < 4.78 is 2.06. The Morgan fingerprint density at radius 3 is 2.41 bits per heavy atom. The largest absolute Gasteiger partial charge is 0.392 e. The number of aliphatic hydroxyl groups is 1. The minimum absolute atomic E-state index is 0.0747. The Labute approximate surface area is 130 Å². The highest BCUT2D eigenvalue weighted by molar-refractivity contribution is 5.57. The number of fused-ring (bicyclic) bond motifs is 2. The molecule has 2 aliphatic rings. The van der Waals surface area contributed by atoms with Crippen LogP contribution in [0.3, 0.4) is 0 Å². The van der Waals surface area contributed by atoms with Gasteiger partial charge in [-0.25, -0.2) is 4.68 Å². The summed E-state index contributed by atoms with van der Waals surface area (Å²) in [5, 5.41) is 17.8. The van der Waals surface area contributed by atoms with Gasteiger partial charge in [0.15, 0.2) is 0 Å². The molecule has 2 aromatic rings. The Morgan fingerprint density at radius 2 is 1.77 bits per heavy atom. The van der Waals surface area contributed by atoms with Gasteiger partial charge in [-0.15, -0.1) is 5.10 Å². The van der Waals surface area contributed by atoms with Crippen LogP contribution < -0.4 is 0 Å². The van der Waals surface area contributed by atoms with Crippen LogP contribution in [0.4, 0.5) is 0 Å². The van der Waals surface area contributed by atoms with Gasteiger partial charge in [0.05, 0.1) is 18.8 Å². The Hall–Kier alpha value is -1.72. The molecule has 5 nitrogen and oxygen atoms in total. The molecule has 0 radical (unpaired) electrons. The van der Waals surface area contributed by atoms with E-state index in [1.165, 1.54) is 25.7 Å². The van der Waals surface area contributed by atoms with Gasteiger partial charge in [-0.05, 0) is 38.3 Å². The molecule has 2 aliphatic heterocycles. The number of nitrogens with zero attached hydrogens (tertiary/aromatic N) is 4. The fraction of sp³-hybridized carbons (Fsp3) is 0.529. The van der Waals surface area contributed by atoms with Gasteiger partial charge >= 0.3 is 0 Å². The average Bonchev–Trinajstić information content (AvgIpc) is 3.10. The van der Waals surface area contributed by atoms with Crippen LogP contribution in [0, 0.1) is 0 Å². The SMILES string of the molecule is CN1[C@@H]2CC[C@H]1C[C@@H](n1cc(-c3ccc(CO)cc3)nn1)C2. The normalized spacial score (nSPS) is 28.2. The number of aliphatic hydroxyl groups excluding tert-OH is 1. The van der Waals surface area contributed by atoms with Crippen molar-refractivity contribution in [3.63, 3.8) is 0 Å². The second-order valence-corrected chi connectivity index (χ2v) is 6.61. The summed E-state index contributed by atoms with van der Waals surface area (Å²) in [5.41, 5.74) is 2.89. The molecule has 3 heterocycles. The highest BCUT2D eigenvalue weighted by Gasteiger charge is 2.39. The molecule has 1 aromatic carbocycles. The first-order valence-electron chi connectivity index (χ1n) is 8.08. The lowest BCUT2D eigenvalue weighted by atomic mass is 9.98. The molecule has 22 heavy (non-hydrogen) atoms. The van der Waals surface area contributed by atoms with Gasteiger partial charge in [0.1, 0.15) is 5.69 Å². The zero-order valence-electron chi connectivity index (χ0n) is 12.9. The molecule has 0 aliphatic carbocycles. The predicted octanol–water partition coefficient (Wildman–Crippen LogP) is 2.24. The lowest BCUT2D eigenvalue weighted by molar-refractivity contribution is 0.130. The van der Waals surface area contributed by atoms with Crippen LogP contribution in [0.1, 0.15) is 37.3 Å². The highest BCUT2D eigenvalue weighted by atomic mass is 16.3. The van der Waals surface area contributed by atoms with Crippen LogP contribution >= 0.6 is 0 Å². The Kier molecular flexibility index (Phi) is 3.47. The van der Waals surface area contributed by atoms with Crippen molar-refractivity contribution < 1.29 is 5.11 Å². The standard InChI is InChI=1S/C17H22N4O/c1-20-14-6-7-15(20)9-16(8-14)21-10-17(18-19-21)13-4-2-12(11-22)3-5-13/h2-5,10,14-16,22H,6-9,11H2,1H3/t14-,15+,16+. The number of hydrogen-bond acceptors (Lipinski definition) is 4. The molecular formula is C17H22N4O. The zero-order valence-corrected chi connectivity index (χ0v) is 12.9. The van der Waals surface area contributed by atoms with Crippen molar-refractivity contribution in [3.05, 3.63) is 36.0 Å². The Balaban J connectivity index is 1.54. The summed E-state index contributed by atoms with van der Waals surface area (Å²) in [6.07, 6.45) is 7.07. The van der Waals surface area contributed by atoms with E-state index < -0.39 is 0 Å². The summed E-state index contributed by atoms with van der Waals surface area (Å²) in [4.78, 5) is 2.54. The molecule has 2 fully saturated rings. The van der Waals surface area contributed by atoms with Gasteiger partial charge in [-0.3, -0.25) is 0 Å². The molecule has 0 saturated carbocycles. The van der Waals surface area contributed by atoms with Crippen LogP contribution in [0.2, 0.25) is 0 Å². The second-order valence-electron chi connectivity index (χ2n) is 6.61. The van der Waals surface area contributed by atoms with Crippen LogP contribution in [0.25, 0.3) is 11.3 Å². The molecule has 4 rings (SSSR count). The van der Waals surface area contributed by atoms with Crippen molar-refractivity contribution in [2.24, 2.45) is 0 Å². The molecular weight excluding hydrogens is 276 g/mol. The van der Waals surface area contributed by atoms with E-state index in [0.29, 0.717) is 18.1 Å². The smallest absolute Gasteiger partial charge is 0.113 e. The third-order valence-electron chi connectivity index (χ3n) is 5.39. The lowest BCUT2D eigenvalue weighted by Gasteiger charge is -2.36. The summed E-state index contributed by atoms with van der Waals surface area (Å²) in [7, 11) is 2.26. The van der Waals surface area contributed by atoms with Crippen molar-refractivity contribution in [1.82, 2.24) is 19.9 Å².